The largest absolute Gasteiger partial charge is 0.493 e. The van der Waals surface area contributed by atoms with Crippen LogP contribution in [0.15, 0.2) is 144 Å². The van der Waals surface area contributed by atoms with Gasteiger partial charge >= 0.3 is 23.9 Å². The van der Waals surface area contributed by atoms with Crippen molar-refractivity contribution in [2.75, 3.05) is 27.5 Å². The smallest absolute Gasteiger partial charge is 0.363 e. The summed E-state index contributed by atoms with van der Waals surface area (Å²) in [7, 11) is 2.86. The molecular formula is C60H64N4O16. The molecule has 20 heteroatoms. The van der Waals surface area contributed by atoms with Crippen molar-refractivity contribution in [3.63, 3.8) is 0 Å². The number of esters is 3. The molecule has 4 amide bonds. The van der Waals surface area contributed by atoms with Gasteiger partial charge in [-0.15, -0.1) is 0 Å². The minimum absolute atomic E-state index is 0.0537. The lowest BCUT2D eigenvalue weighted by Crippen LogP contribution is -2.49. The number of nitrogens with one attached hydrogen (secondary N) is 3. The number of methoxy groups -OCH3 is 2. The van der Waals surface area contributed by atoms with Crippen molar-refractivity contribution in [3.8, 4) is 28.6 Å². The van der Waals surface area contributed by atoms with E-state index >= 15 is 0 Å². The molecule has 3 N–H and O–H groups in total. The van der Waals surface area contributed by atoms with Crippen molar-refractivity contribution in [2.45, 2.75) is 84.3 Å². The number of unbranched alkanes of at least 4 members (excludes halogenated alkanes) is 2. The standard InChI is InChI=1S/C60H64N4O16/c1-5-7-11-24-45(48(6-2)64(39-65)80-59(71)44-26-28-50(73-3)53(32-44)74-4)56(68)61-38-62-58(70)51-30-29-49(79-51)43-25-27-46(52(31-43)75-37-55(67)77-35-41-20-14-9-15-21-41)57(69)63-47(60(72)78-36-42-22-16-10-17-23-42)33-54(66)76-34-40-18-12-8-13-19-40/h8-10,12-23,25-32,39,45,47-48H,5-7,11,24,33-38H2,1-4H3,(H,61,68)(H,62,70)(H,63,69)/t45-,47+,48-/m1/s1. The Morgan fingerprint density at radius 1 is 0.637 bits per heavy atom. The van der Waals surface area contributed by atoms with Gasteiger partial charge in [0.1, 0.15) is 37.4 Å². The summed E-state index contributed by atoms with van der Waals surface area (Å²) in [5.41, 5.74) is 2.30. The summed E-state index contributed by atoms with van der Waals surface area (Å²) in [6.45, 7) is 2.45. The zero-order valence-corrected chi connectivity index (χ0v) is 44.8. The minimum atomic E-state index is -1.53. The fourth-order valence-electron chi connectivity index (χ4n) is 8.20. The van der Waals surface area contributed by atoms with E-state index in [1.807, 2.05) is 19.1 Å². The number of ether oxygens (including phenoxy) is 6. The first-order chi connectivity index (χ1) is 38.8. The van der Waals surface area contributed by atoms with Crippen LogP contribution in [0.1, 0.15) is 100 Å². The molecule has 0 aliphatic heterocycles. The lowest BCUT2D eigenvalue weighted by Gasteiger charge is -2.31. The van der Waals surface area contributed by atoms with Crippen LogP contribution in [-0.4, -0.2) is 92.7 Å². The number of benzene rings is 5. The summed E-state index contributed by atoms with van der Waals surface area (Å²) >= 11 is 0. The molecule has 0 saturated carbocycles. The van der Waals surface area contributed by atoms with Crippen molar-refractivity contribution in [2.24, 2.45) is 5.92 Å². The Bertz CT molecular complexity index is 3020. The summed E-state index contributed by atoms with van der Waals surface area (Å²) in [5, 5.41) is 8.72. The van der Waals surface area contributed by atoms with Crippen LogP contribution in [-0.2, 0) is 62.8 Å². The number of hydroxylamine groups is 2. The van der Waals surface area contributed by atoms with Gasteiger partial charge in [0.25, 0.3) is 11.8 Å². The quantitative estimate of drug-likeness (QED) is 0.00929. The first-order valence-electron chi connectivity index (χ1n) is 25.9. The van der Waals surface area contributed by atoms with Gasteiger partial charge in [0.2, 0.25) is 12.3 Å². The highest BCUT2D eigenvalue weighted by molar-refractivity contribution is 6.00. The highest BCUT2D eigenvalue weighted by Gasteiger charge is 2.34. The van der Waals surface area contributed by atoms with Crippen LogP contribution in [0, 0.1) is 5.92 Å². The van der Waals surface area contributed by atoms with Crippen LogP contribution in [0.2, 0.25) is 0 Å². The average Bonchev–Trinajstić information content (AvgIpc) is 4.01. The van der Waals surface area contributed by atoms with E-state index in [1.54, 1.807) is 85.8 Å². The van der Waals surface area contributed by atoms with Crippen LogP contribution in [0.4, 0.5) is 0 Å². The molecule has 0 fully saturated rings. The second kappa shape index (κ2) is 31.1. The van der Waals surface area contributed by atoms with Crippen LogP contribution in [0.25, 0.3) is 11.3 Å². The lowest BCUT2D eigenvalue weighted by atomic mass is 9.90. The summed E-state index contributed by atoms with van der Waals surface area (Å²) in [5.74, 6) is -5.86. The molecule has 0 aliphatic rings. The van der Waals surface area contributed by atoms with Gasteiger partial charge in [0.05, 0.1) is 50.4 Å². The number of carbonyl (C=O) groups is 8. The molecule has 0 radical (unpaired) electrons. The molecule has 0 bridgehead atoms. The fraction of sp³-hybridized carbons (Fsp3) is 0.300. The third-order valence-corrected chi connectivity index (χ3v) is 12.4. The van der Waals surface area contributed by atoms with E-state index < -0.39 is 72.6 Å². The third-order valence-electron chi connectivity index (χ3n) is 12.4. The monoisotopic (exact) mass is 1100 g/mol. The van der Waals surface area contributed by atoms with Crippen molar-refractivity contribution < 1.29 is 76.0 Å². The maximum absolute atomic E-state index is 14.2. The van der Waals surface area contributed by atoms with Crippen molar-refractivity contribution in [3.05, 3.63) is 173 Å². The Balaban J connectivity index is 1.16. The minimum Gasteiger partial charge on any atom is -0.493 e. The topological polar surface area (TPSA) is 254 Å². The zero-order chi connectivity index (χ0) is 57.2. The first kappa shape index (κ1) is 59.8. The van der Waals surface area contributed by atoms with Gasteiger partial charge in [-0.1, -0.05) is 130 Å². The zero-order valence-electron chi connectivity index (χ0n) is 44.8. The Labute approximate surface area is 462 Å². The van der Waals surface area contributed by atoms with Crippen LogP contribution < -0.4 is 30.2 Å². The first-order valence-corrected chi connectivity index (χ1v) is 25.9. The Hall–Kier alpha value is -9.46. The molecule has 1 heterocycles. The number of hydrogen-bond donors (Lipinski definition) is 3. The van der Waals surface area contributed by atoms with E-state index in [1.165, 1.54) is 62.8 Å². The van der Waals surface area contributed by atoms with E-state index in [0.29, 0.717) is 36.1 Å². The van der Waals surface area contributed by atoms with Crippen molar-refractivity contribution >= 4 is 48.0 Å². The Morgan fingerprint density at radius 2 is 1.26 bits per heavy atom. The fourth-order valence-corrected chi connectivity index (χ4v) is 8.20. The molecule has 20 nitrogen and oxygen atoms in total. The normalized spacial score (nSPS) is 11.8. The Kier molecular flexibility index (Phi) is 23.2. The number of hydrogen-bond acceptors (Lipinski definition) is 16. The third kappa shape index (κ3) is 17.8. The summed E-state index contributed by atoms with van der Waals surface area (Å²) in [6, 6.07) is 35.7. The molecule has 3 atom stereocenters. The van der Waals surface area contributed by atoms with Crippen LogP contribution in [0.5, 0.6) is 17.2 Å². The number of furan rings is 1. The second-order valence-electron chi connectivity index (χ2n) is 18.0. The van der Waals surface area contributed by atoms with Gasteiger partial charge in [0.15, 0.2) is 23.9 Å². The van der Waals surface area contributed by atoms with Gasteiger partial charge in [-0.3, -0.25) is 24.0 Å². The molecule has 1 aromatic heterocycles. The summed E-state index contributed by atoms with van der Waals surface area (Å²) < 4.78 is 38.8. The molecule has 5 aromatic carbocycles. The van der Waals surface area contributed by atoms with E-state index in [2.05, 4.69) is 16.0 Å². The van der Waals surface area contributed by atoms with E-state index in [4.69, 9.17) is 37.7 Å². The average molecular weight is 1100 g/mol. The Morgan fingerprint density at radius 3 is 1.86 bits per heavy atom. The molecule has 80 heavy (non-hydrogen) atoms. The maximum Gasteiger partial charge on any atom is 0.363 e. The van der Waals surface area contributed by atoms with Gasteiger partial charge < -0.3 is 53.6 Å². The maximum atomic E-state index is 14.2. The number of amides is 4. The van der Waals surface area contributed by atoms with Crippen LogP contribution >= 0.6 is 0 Å². The van der Waals surface area contributed by atoms with E-state index in [-0.39, 0.29) is 72.6 Å². The lowest BCUT2D eigenvalue weighted by molar-refractivity contribution is -0.171. The molecule has 0 unspecified atom stereocenters. The molecule has 0 saturated heterocycles. The highest BCUT2D eigenvalue weighted by Crippen LogP contribution is 2.31. The van der Waals surface area contributed by atoms with Crippen molar-refractivity contribution in [1.29, 1.82) is 0 Å². The number of rotatable bonds is 31. The van der Waals surface area contributed by atoms with Gasteiger partial charge in [0, 0.05) is 5.56 Å². The molecule has 6 aromatic rings. The molecular weight excluding hydrogens is 1030 g/mol. The summed E-state index contributed by atoms with van der Waals surface area (Å²) in [4.78, 5) is 113. The number of nitrogens with zero attached hydrogens (tertiary/aromatic N) is 1. The number of carbonyl (C=O) groups excluding carboxylic acids is 8. The van der Waals surface area contributed by atoms with E-state index in [0.717, 1.165) is 23.5 Å². The summed E-state index contributed by atoms with van der Waals surface area (Å²) in [6.07, 6.45) is 2.57. The predicted molar refractivity (Wildman–Crippen MR) is 289 cm³/mol. The van der Waals surface area contributed by atoms with Gasteiger partial charge in [-0.25, -0.2) is 14.4 Å². The molecule has 0 spiro atoms. The predicted octanol–water partition coefficient (Wildman–Crippen LogP) is 8.07. The second-order valence-corrected chi connectivity index (χ2v) is 18.0. The van der Waals surface area contributed by atoms with E-state index in [9.17, 15) is 38.4 Å². The molecule has 6 rings (SSSR count). The van der Waals surface area contributed by atoms with Crippen LogP contribution in [0.3, 0.4) is 0 Å². The molecule has 420 valence electrons. The highest BCUT2D eigenvalue weighted by atomic mass is 16.7. The SMILES string of the molecule is CCCCC[C@@H](C(=O)NCNC(=O)c1ccc(-c2ccc(C(=O)N[C@@H](CC(=O)OCc3ccccc3)C(=O)OCc3ccccc3)c(OCC(=O)OCc3ccccc3)c2)o1)[C@@H](CC)N(C=O)OC(=O)c1ccc(OC)c(OC)c1. The van der Waals surface area contributed by atoms with Gasteiger partial charge in [-0.05, 0) is 72.0 Å². The molecule has 0 aliphatic carbocycles. The van der Waals surface area contributed by atoms with Gasteiger partial charge in [-0.2, -0.15) is 5.06 Å². The van der Waals surface area contributed by atoms with Crippen molar-refractivity contribution in [1.82, 2.24) is 21.0 Å².